The fourth-order valence-corrected chi connectivity index (χ4v) is 3.05. The van der Waals surface area contributed by atoms with Crippen LogP contribution in [0.1, 0.15) is 22.3 Å². The molecule has 3 heteroatoms. The van der Waals surface area contributed by atoms with Crippen molar-refractivity contribution in [2.45, 2.75) is 18.9 Å². The van der Waals surface area contributed by atoms with Gasteiger partial charge in [0.25, 0.3) is 5.91 Å². The molecule has 0 spiro atoms. The van der Waals surface area contributed by atoms with Gasteiger partial charge >= 0.3 is 0 Å². The summed E-state index contributed by atoms with van der Waals surface area (Å²) >= 11 is 0. The van der Waals surface area contributed by atoms with Crippen LogP contribution in [0.15, 0.2) is 84.9 Å². The van der Waals surface area contributed by atoms with Crippen molar-refractivity contribution < 1.29 is 4.79 Å². The first-order chi connectivity index (χ1) is 12.8. The van der Waals surface area contributed by atoms with E-state index < -0.39 is 0 Å². The van der Waals surface area contributed by atoms with Gasteiger partial charge in [-0.25, -0.2) is 0 Å². The number of nitrogens with two attached hydrogens (primary N) is 1. The molecular weight excluding hydrogens is 320 g/mol. The zero-order valence-electron chi connectivity index (χ0n) is 14.8. The Hall–Kier alpha value is -2.91. The number of rotatable bonds is 7. The van der Waals surface area contributed by atoms with Gasteiger partial charge in [0.2, 0.25) is 0 Å². The average Bonchev–Trinajstić information content (AvgIpc) is 2.72. The minimum atomic E-state index is -0.0760. The van der Waals surface area contributed by atoms with Crippen molar-refractivity contribution in [2.24, 2.45) is 5.73 Å². The molecule has 0 aliphatic heterocycles. The first kappa shape index (κ1) is 17.9. The second kappa shape index (κ2) is 8.97. The maximum Gasteiger partial charge on any atom is 0.252 e. The first-order valence-corrected chi connectivity index (χ1v) is 8.97. The Labute approximate surface area is 154 Å². The molecule has 0 aliphatic rings. The van der Waals surface area contributed by atoms with Crippen LogP contribution in [0.4, 0.5) is 0 Å². The predicted molar refractivity (Wildman–Crippen MR) is 107 cm³/mol. The van der Waals surface area contributed by atoms with E-state index in [0.29, 0.717) is 12.1 Å². The summed E-state index contributed by atoms with van der Waals surface area (Å²) in [7, 11) is 0. The van der Waals surface area contributed by atoms with Gasteiger partial charge in [0.1, 0.15) is 0 Å². The monoisotopic (exact) mass is 344 g/mol. The van der Waals surface area contributed by atoms with E-state index in [-0.39, 0.29) is 11.9 Å². The highest BCUT2D eigenvalue weighted by atomic mass is 16.1. The number of benzene rings is 3. The summed E-state index contributed by atoms with van der Waals surface area (Å²) in [5.41, 5.74) is 9.80. The highest BCUT2D eigenvalue weighted by molar-refractivity contribution is 6.01. The van der Waals surface area contributed by atoms with Crippen molar-refractivity contribution in [3.05, 3.63) is 96.1 Å². The van der Waals surface area contributed by atoms with E-state index in [0.717, 1.165) is 24.0 Å². The summed E-state index contributed by atoms with van der Waals surface area (Å²) < 4.78 is 0. The molecular formula is C23H24N2O. The summed E-state index contributed by atoms with van der Waals surface area (Å²) in [4.78, 5) is 12.9. The lowest BCUT2D eigenvalue weighted by Gasteiger charge is -2.18. The number of hydrogen-bond acceptors (Lipinski definition) is 2. The Kier molecular flexibility index (Phi) is 6.18. The van der Waals surface area contributed by atoms with Gasteiger partial charge in [0.15, 0.2) is 0 Å². The van der Waals surface area contributed by atoms with Gasteiger partial charge in [0, 0.05) is 18.2 Å². The van der Waals surface area contributed by atoms with Gasteiger partial charge in [-0.05, 0) is 35.6 Å². The molecule has 0 aromatic heterocycles. The van der Waals surface area contributed by atoms with Crippen LogP contribution < -0.4 is 11.1 Å². The molecule has 0 fully saturated rings. The van der Waals surface area contributed by atoms with E-state index in [1.165, 1.54) is 5.56 Å². The van der Waals surface area contributed by atoms with Crippen molar-refractivity contribution in [2.75, 3.05) is 6.54 Å². The fourth-order valence-electron chi connectivity index (χ4n) is 3.05. The van der Waals surface area contributed by atoms with Crippen molar-refractivity contribution in [1.29, 1.82) is 0 Å². The van der Waals surface area contributed by atoms with Crippen LogP contribution in [0.2, 0.25) is 0 Å². The molecule has 0 heterocycles. The molecule has 0 aliphatic carbocycles. The minimum Gasteiger partial charge on any atom is -0.348 e. The molecule has 0 radical (unpaired) electrons. The van der Waals surface area contributed by atoms with Crippen LogP contribution >= 0.6 is 0 Å². The third-order valence-corrected chi connectivity index (χ3v) is 4.50. The van der Waals surface area contributed by atoms with E-state index in [1.54, 1.807) is 0 Å². The van der Waals surface area contributed by atoms with E-state index in [9.17, 15) is 4.79 Å². The second-order valence-electron chi connectivity index (χ2n) is 6.34. The lowest BCUT2D eigenvalue weighted by molar-refractivity contribution is 0.0937. The molecule has 26 heavy (non-hydrogen) atoms. The summed E-state index contributed by atoms with van der Waals surface area (Å²) in [6.45, 7) is 0.423. The summed E-state index contributed by atoms with van der Waals surface area (Å²) in [5, 5.41) is 3.10. The first-order valence-electron chi connectivity index (χ1n) is 8.97. The molecule has 3 N–H and O–H groups in total. The van der Waals surface area contributed by atoms with Crippen LogP contribution in [0, 0.1) is 0 Å². The second-order valence-corrected chi connectivity index (χ2v) is 6.34. The third kappa shape index (κ3) is 4.58. The number of carbonyl (C=O) groups is 1. The molecule has 1 atom stereocenters. The SMILES string of the molecule is NCC(CCc1ccccc1)NC(=O)c1ccccc1-c1ccccc1. The zero-order chi connectivity index (χ0) is 18.2. The number of amides is 1. The van der Waals surface area contributed by atoms with Crippen molar-refractivity contribution in [1.82, 2.24) is 5.32 Å². The summed E-state index contributed by atoms with van der Waals surface area (Å²) in [5.74, 6) is -0.0760. The van der Waals surface area contributed by atoms with Crippen LogP contribution in [-0.4, -0.2) is 18.5 Å². The van der Waals surface area contributed by atoms with E-state index >= 15 is 0 Å². The van der Waals surface area contributed by atoms with Crippen molar-refractivity contribution in [3.8, 4) is 11.1 Å². The fraction of sp³-hybridized carbons (Fsp3) is 0.174. The average molecular weight is 344 g/mol. The number of aryl methyl sites for hydroxylation is 1. The molecule has 0 saturated carbocycles. The van der Waals surface area contributed by atoms with Crippen molar-refractivity contribution >= 4 is 5.91 Å². The quantitative estimate of drug-likeness (QED) is 0.679. The van der Waals surface area contributed by atoms with Crippen LogP contribution in [0.3, 0.4) is 0 Å². The number of hydrogen-bond donors (Lipinski definition) is 2. The van der Waals surface area contributed by atoms with Gasteiger partial charge in [-0.2, -0.15) is 0 Å². The molecule has 1 amide bonds. The molecule has 0 bridgehead atoms. The molecule has 3 aromatic carbocycles. The van der Waals surface area contributed by atoms with Crippen LogP contribution in [0.5, 0.6) is 0 Å². The highest BCUT2D eigenvalue weighted by Gasteiger charge is 2.16. The Balaban J connectivity index is 1.71. The third-order valence-electron chi connectivity index (χ3n) is 4.50. The van der Waals surface area contributed by atoms with Crippen LogP contribution in [0.25, 0.3) is 11.1 Å². The maximum atomic E-state index is 12.9. The van der Waals surface area contributed by atoms with Gasteiger partial charge in [-0.3, -0.25) is 4.79 Å². The van der Waals surface area contributed by atoms with Crippen molar-refractivity contribution in [3.63, 3.8) is 0 Å². The normalized spacial score (nSPS) is 11.7. The van der Waals surface area contributed by atoms with Gasteiger partial charge in [0.05, 0.1) is 0 Å². The Morgan fingerprint density at radius 2 is 1.46 bits per heavy atom. The maximum absolute atomic E-state index is 12.9. The highest BCUT2D eigenvalue weighted by Crippen LogP contribution is 2.23. The minimum absolute atomic E-state index is 0.0495. The van der Waals surface area contributed by atoms with E-state index in [1.807, 2.05) is 72.8 Å². The Bertz CT molecular complexity index is 831. The number of carbonyl (C=O) groups excluding carboxylic acids is 1. The molecule has 1 unspecified atom stereocenters. The molecule has 0 saturated heterocycles. The lowest BCUT2D eigenvalue weighted by atomic mass is 9.98. The molecule has 3 aromatic rings. The summed E-state index contributed by atoms with van der Waals surface area (Å²) in [6, 6.07) is 27.9. The van der Waals surface area contributed by atoms with Crippen LogP contribution in [-0.2, 0) is 6.42 Å². The zero-order valence-corrected chi connectivity index (χ0v) is 14.8. The predicted octanol–water partition coefficient (Wildman–Crippen LogP) is 4.04. The number of nitrogens with one attached hydrogen (secondary N) is 1. The van der Waals surface area contributed by atoms with Gasteiger partial charge in [-0.15, -0.1) is 0 Å². The standard InChI is InChI=1S/C23H24N2O/c24-17-20(16-15-18-9-3-1-4-10-18)25-23(26)22-14-8-7-13-21(22)19-11-5-2-6-12-19/h1-14,20H,15-17,24H2,(H,25,26). The van der Waals surface area contributed by atoms with Gasteiger partial charge < -0.3 is 11.1 Å². The van der Waals surface area contributed by atoms with E-state index in [4.69, 9.17) is 5.73 Å². The largest absolute Gasteiger partial charge is 0.348 e. The molecule has 3 rings (SSSR count). The summed E-state index contributed by atoms with van der Waals surface area (Å²) in [6.07, 6.45) is 1.71. The lowest BCUT2D eigenvalue weighted by Crippen LogP contribution is -2.40. The smallest absolute Gasteiger partial charge is 0.252 e. The molecule has 3 nitrogen and oxygen atoms in total. The Morgan fingerprint density at radius 1 is 0.846 bits per heavy atom. The topological polar surface area (TPSA) is 55.1 Å². The van der Waals surface area contributed by atoms with E-state index in [2.05, 4.69) is 17.4 Å². The molecule has 132 valence electrons. The van der Waals surface area contributed by atoms with Gasteiger partial charge in [-0.1, -0.05) is 78.9 Å². The Morgan fingerprint density at radius 3 is 2.15 bits per heavy atom.